The maximum atomic E-state index is 5.62. The number of nitrogens with one attached hydrogen (secondary N) is 1. The van der Waals surface area contributed by atoms with E-state index in [1.807, 2.05) is 24.3 Å². The van der Waals surface area contributed by atoms with Crippen LogP contribution in [-0.4, -0.2) is 18.7 Å². The lowest BCUT2D eigenvalue weighted by Gasteiger charge is -2.11. The molecular weight excluding hydrogens is 242 g/mol. The lowest BCUT2D eigenvalue weighted by atomic mass is 10.1. The molecule has 0 aliphatic carbocycles. The number of hydrogen-bond acceptors (Lipinski definition) is 5. The standard InChI is InChI=1S/C14H19N3O2/c1-3-6-19-11-4-5-13-12(8-11)14(17-15)7-10(16-13)9-18-2/h4-5,7-8H,3,6,9,15H2,1-2H3,(H,16,17). The molecule has 102 valence electrons. The van der Waals surface area contributed by atoms with Crippen molar-refractivity contribution in [2.75, 3.05) is 19.1 Å². The second kappa shape index (κ2) is 6.36. The van der Waals surface area contributed by atoms with Crippen LogP contribution in [-0.2, 0) is 11.3 Å². The molecule has 0 fully saturated rings. The van der Waals surface area contributed by atoms with Gasteiger partial charge in [0.25, 0.3) is 0 Å². The Bertz CT molecular complexity index is 558. The highest BCUT2D eigenvalue weighted by atomic mass is 16.5. The molecule has 0 unspecified atom stereocenters. The number of nitrogens with two attached hydrogens (primary N) is 1. The lowest BCUT2D eigenvalue weighted by molar-refractivity contribution is 0.182. The largest absolute Gasteiger partial charge is 0.494 e. The number of ether oxygens (including phenoxy) is 2. The summed E-state index contributed by atoms with van der Waals surface area (Å²) >= 11 is 0. The van der Waals surface area contributed by atoms with Crippen molar-refractivity contribution in [3.05, 3.63) is 30.0 Å². The van der Waals surface area contributed by atoms with Gasteiger partial charge in [-0.25, -0.2) is 0 Å². The summed E-state index contributed by atoms with van der Waals surface area (Å²) in [5, 5.41) is 0.941. The summed E-state index contributed by atoms with van der Waals surface area (Å²) in [4.78, 5) is 4.52. The molecule has 0 saturated heterocycles. The number of aromatic nitrogens is 1. The summed E-state index contributed by atoms with van der Waals surface area (Å²) in [6.45, 7) is 3.23. The Labute approximate surface area is 112 Å². The van der Waals surface area contributed by atoms with Gasteiger partial charge in [0.2, 0.25) is 0 Å². The summed E-state index contributed by atoms with van der Waals surface area (Å²) in [6, 6.07) is 7.68. The average Bonchev–Trinajstić information content (AvgIpc) is 2.44. The van der Waals surface area contributed by atoms with E-state index in [4.69, 9.17) is 15.3 Å². The first kappa shape index (κ1) is 13.6. The summed E-state index contributed by atoms with van der Waals surface area (Å²) < 4.78 is 10.7. The second-order valence-electron chi connectivity index (χ2n) is 4.27. The highest BCUT2D eigenvalue weighted by Gasteiger charge is 2.06. The van der Waals surface area contributed by atoms with E-state index in [-0.39, 0.29) is 0 Å². The van der Waals surface area contributed by atoms with Crippen molar-refractivity contribution in [1.29, 1.82) is 0 Å². The van der Waals surface area contributed by atoms with E-state index in [2.05, 4.69) is 17.3 Å². The second-order valence-corrected chi connectivity index (χ2v) is 4.27. The quantitative estimate of drug-likeness (QED) is 0.617. The molecule has 19 heavy (non-hydrogen) atoms. The van der Waals surface area contributed by atoms with Gasteiger partial charge in [-0.3, -0.25) is 10.8 Å². The number of benzene rings is 1. The zero-order valence-electron chi connectivity index (χ0n) is 11.3. The van der Waals surface area contributed by atoms with Crippen molar-refractivity contribution in [3.8, 4) is 5.75 Å². The first-order valence-electron chi connectivity index (χ1n) is 6.30. The number of fused-ring (bicyclic) bond motifs is 1. The molecule has 2 aromatic rings. The third-order valence-corrected chi connectivity index (χ3v) is 2.75. The van der Waals surface area contributed by atoms with Crippen molar-refractivity contribution >= 4 is 16.6 Å². The maximum absolute atomic E-state index is 5.62. The number of pyridine rings is 1. The predicted octanol–water partition coefficient (Wildman–Crippen LogP) is 2.46. The van der Waals surface area contributed by atoms with Gasteiger partial charge in [0, 0.05) is 12.5 Å². The molecule has 0 aliphatic heterocycles. The molecule has 0 atom stereocenters. The van der Waals surface area contributed by atoms with E-state index in [0.717, 1.165) is 34.5 Å². The minimum Gasteiger partial charge on any atom is -0.494 e. The fourth-order valence-electron chi connectivity index (χ4n) is 1.91. The molecule has 0 radical (unpaired) electrons. The van der Waals surface area contributed by atoms with E-state index in [0.29, 0.717) is 13.2 Å². The molecule has 0 amide bonds. The molecule has 1 aromatic carbocycles. The zero-order valence-corrected chi connectivity index (χ0v) is 11.3. The van der Waals surface area contributed by atoms with Crippen LogP contribution in [0.4, 0.5) is 5.69 Å². The Balaban J connectivity index is 2.43. The summed E-state index contributed by atoms with van der Waals surface area (Å²) in [5.74, 6) is 6.40. The van der Waals surface area contributed by atoms with Crippen LogP contribution in [0.1, 0.15) is 19.0 Å². The van der Waals surface area contributed by atoms with Crippen LogP contribution in [0.15, 0.2) is 24.3 Å². The molecule has 0 bridgehead atoms. The number of anilines is 1. The minimum absolute atomic E-state index is 0.457. The highest BCUT2D eigenvalue weighted by molar-refractivity contribution is 5.92. The topological polar surface area (TPSA) is 69.4 Å². The van der Waals surface area contributed by atoms with Gasteiger partial charge < -0.3 is 14.9 Å². The van der Waals surface area contributed by atoms with E-state index >= 15 is 0 Å². The van der Waals surface area contributed by atoms with E-state index < -0.39 is 0 Å². The molecule has 1 heterocycles. The number of hydrazine groups is 1. The van der Waals surface area contributed by atoms with Crippen molar-refractivity contribution in [2.24, 2.45) is 5.84 Å². The number of nitrogens with zero attached hydrogens (tertiary/aromatic N) is 1. The van der Waals surface area contributed by atoms with Gasteiger partial charge in [-0.05, 0) is 30.7 Å². The van der Waals surface area contributed by atoms with E-state index in [1.165, 1.54) is 0 Å². The highest BCUT2D eigenvalue weighted by Crippen LogP contribution is 2.27. The normalized spacial score (nSPS) is 10.7. The Morgan fingerprint density at radius 3 is 2.84 bits per heavy atom. The number of rotatable bonds is 6. The Morgan fingerprint density at radius 2 is 2.16 bits per heavy atom. The molecule has 0 aliphatic rings. The number of methoxy groups -OCH3 is 1. The monoisotopic (exact) mass is 261 g/mol. The van der Waals surface area contributed by atoms with Crippen LogP contribution in [0.2, 0.25) is 0 Å². The lowest BCUT2D eigenvalue weighted by Crippen LogP contribution is -2.09. The van der Waals surface area contributed by atoms with Gasteiger partial charge in [-0.1, -0.05) is 6.92 Å². The van der Waals surface area contributed by atoms with Crippen LogP contribution >= 0.6 is 0 Å². The Morgan fingerprint density at radius 1 is 1.32 bits per heavy atom. The molecule has 5 heteroatoms. The van der Waals surface area contributed by atoms with Gasteiger partial charge in [0.05, 0.1) is 30.1 Å². The maximum Gasteiger partial charge on any atom is 0.120 e. The predicted molar refractivity (Wildman–Crippen MR) is 76.1 cm³/mol. The van der Waals surface area contributed by atoms with Crippen LogP contribution in [0.5, 0.6) is 5.75 Å². The SMILES string of the molecule is CCCOc1ccc2nc(COC)cc(NN)c2c1. The number of nitrogen functional groups attached to an aromatic ring is 1. The minimum atomic E-state index is 0.457. The summed E-state index contributed by atoms with van der Waals surface area (Å²) in [6.07, 6.45) is 0.977. The van der Waals surface area contributed by atoms with Gasteiger partial charge in [-0.2, -0.15) is 0 Å². The van der Waals surface area contributed by atoms with Crippen molar-refractivity contribution < 1.29 is 9.47 Å². The molecule has 0 saturated carbocycles. The first-order valence-corrected chi connectivity index (χ1v) is 6.30. The van der Waals surface area contributed by atoms with Crippen LogP contribution in [0.25, 0.3) is 10.9 Å². The zero-order chi connectivity index (χ0) is 13.7. The molecule has 3 N–H and O–H groups in total. The van der Waals surface area contributed by atoms with Crippen molar-refractivity contribution in [1.82, 2.24) is 4.98 Å². The molecule has 5 nitrogen and oxygen atoms in total. The smallest absolute Gasteiger partial charge is 0.120 e. The first-order chi connectivity index (χ1) is 9.28. The third kappa shape index (κ3) is 3.13. The third-order valence-electron chi connectivity index (χ3n) is 2.75. The molecule has 1 aromatic heterocycles. The van der Waals surface area contributed by atoms with Gasteiger partial charge in [-0.15, -0.1) is 0 Å². The van der Waals surface area contributed by atoms with E-state index in [1.54, 1.807) is 7.11 Å². The van der Waals surface area contributed by atoms with Crippen molar-refractivity contribution in [3.63, 3.8) is 0 Å². The van der Waals surface area contributed by atoms with Crippen LogP contribution in [0, 0.1) is 0 Å². The fraction of sp³-hybridized carbons (Fsp3) is 0.357. The van der Waals surface area contributed by atoms with Gasteiger partial charge >= 0.3 is 0 Å². The molecule has 2 rings (SSSR count). The fourth-order valence-corrected chi connectivity index (χ4v) is 1.91. The Kier molecular flexibility index (Phi) is 4.54. The molecular formula is C14H19N3O2. The van der Waals surface area contributed by atoms with Crippen molar-refractivity contribution in [2.45, 2.75) is 20.0 Å². The number of hydrogen-bond donors (Lipinski definition) is 2. The summed E-state index contributed by atoms with van der Waals surface area (Å²) in [5.41, 5.74) is 5.22. The van der Waals surface area contributed by atoms with Gasteiger partial charge in [0.1, 0.15) is 5.75 Å². The average molecular weight is 261 g/mol. The van der Waals surface area contributed by atoms with E-state index in [9.17, 15) is 0 Å². The van der Waals surface area contributed by atoms with Gasteiger partial charge in [0.15, 0.2) is 0 Å². The van der Waals surface area contributed by atoms with Crippen LogP contribution < -0.4 is 16.0 Å². The Hall–Kier alpha value is -1.85. The molecule has 0 spiro atoms. The summed E-state index contributed by atoms with van der Waals surface area (Å²) in [7, 11) is 1.64. The van der Waals surface area contributed by atoms with Crippen LogP contribution in [0.3, 0.4) is 0 Å².